The highest BCUT2D eigenvalue weighted by atomic mass is 19.3. The van der Waals surface area contributed by atoms with E-state index in [9.17, 15) is 18.4 Å². The number of halogens is 2. The molecule has 166 valence electrons. The minimum Gasteiger partial charge on any atom is -0.452 e. The van der Waals surface area contributed by atoms with Crippen LogP contribution in [0.25, 0.3) is 10.9 Å². The van der Waals surface area contributed by atoms with Gasteiger partial charge in [0.25, 0.3) is 5.91 Å². The van der Waals surface area contributed by atoms with Crippen LogP contribution in [0.15, 0.2) is 48.5 Å². The van der Waals surface area contributed by atoms with Crippen LogP contribution in [0.4, 0.5) is 14.5 Å². The van der Waals surface area contributed by atoms with Crippen molar-refractivity contribution >= 4 is 28.5 Å². The summed E-state index contributed by atoms with van der Waals surface area (Å²) >= 11 is 0. The monoisotopic (exact) mass is 440 g/mol. The van der Waals surface area contributed by atoms with E-state index < -0.39 is 25.1 Å². The first-order valence-electron chi connectivity index (χ1n) is 10.3. The Bertz CT molecular complexity index is 1170. The lowest BCUT2D eigenvalue weighted by Crippen LogP contribution is -2.24. The van der Waals surface area contributed by atoms with E-state index in [-0.39, 0.29) is 11.4 Å². The van der Waals surface area contributed by atoms with Crippen molar-refractivity contribution in [1.82, 2.24) is 4.98 Å². The summed E-state index contributed by atoms with van der Waals surface area (Å²) in [4.78, 5) is 30.1. The Balaban J connectivity index is 1.53. The summed E-state index contributed by atoms with van der Waals surface area (Å²) < 4.78 is 34.9. The Kier molecular flexibility index (Phi) is 6.30. The second-order valence-electron chi connectivity index (χ2n) is 7.78. The van der Waals surface area contributed by atoms with Crippen LogP contribution in [0.3, 0.4) is 0 Å². The van der Waals surface area contributed by atoms with Gasteiger partial charge in [0.15, 0.2) is 6.61 Å². The largest absolute Gasteiger partial charge is 0.452 e. The molecule has 1 aliphatic carbocycles. The molecular formula is C24H22F2N2O4. The van der Waals surface area contributed by atoms with E-state index in [0.717, 1.165) is 24.1 Å². The van der Waals surface area contributed by atoms with Gasteiger partial charge in [0.05, 0.1) is 16.8 Å². The van der Waals surface area contributed by atoms with Gasteiger partial charge in [-0.05, 0) is 48.9 Å². The summed E-state index contributed by atoms with van der Waals surface area (Å²) in [6, 6.07) is 13.1. The van der Waals surface area contributed by atoms with Crippen LogP contribution in [0.2, 0.25) is 0 Å². The number of benzene rings is 2. The average molecular weight is 440 g/mol. The van der Waals surface area contributed by atoms with Crippen molar-refractivity contribution in [3.05, 3.63) is 65.4 Å². The number of ether oxygens (including phenoxy) is 2. The van der Waals surface area contributed by atoms with Gasteiger partial charge in [0.2, 0.25) is 0 Å². The molecule has 1 amide bonds. The van der Waals surface area contributed by atoms with Gasteiger partial charge in [0.1, 0.15) is 5.75 Å². The predicted octanol–water partition coefficient (Wildman–Crippen LogP) is 4.76. The first-order chi connectivity index (χ1) is 15.4. The Morgan fingerprint density at radius 2 is 1.91 bits per heavy atom. The maximum absolute atomic E-state index is 13.1. The second-order valence-corrected chi connectivity index (χ2v) is 7.78. The Labute approximate surface area is 183 Å². The van der Waals surface area contributed by atoms with Crippen molar-refractivity contribution in [1.29, 1.82) is 0 Å². The van der Waals surface area contributed by atoms with Crippen molar-refractivity contribution in [2.75, 3.05) is 11.9 Å². The molecule has 0 spiro atoms. The van der Waals surface area contributed by atoms with Crippen molar-refractivity contribution in [2.24, 2.45) is 5.92 Å². The molecule has 2 aromatic carbocycles. The number of amides is 1. The molecular weight excluding hydrogens is 418 g/mol. The highest BCUT2D eigenvalue weighted by Gasteiger charge is 2.26. The number of carbonyl (C=O) groups is 2. The number of pyridine rings is 1. The maximum atomic E-state index is 13.1. The topological polar surface area (TPSA) is 77.5 Å². The summed E-state index contributed by atoms with van der Waals surface area (Å²) in [6.45, 7) is -1.47. The molecule has 1 aromatic heterocycles. The van der Waals surface area contributed by atoms with Gasteiger partial charge in [0, 0.05) is 11.1 Å². The van der Waals surface area contributed by atoms with E-state index in [1.165, 1.54) is 18.2 Å². The molecule has 0 saturated heterocycles. The lowest BCUT2D eigenvalue weighted by molar-refractivity contribution is -0.119. The number of aryl methyl sites for hydroxylation is 1. The molecule has 6 nitrogen and oxygen atoms in total. The van der Waals surface area contributed by atoms with Gasteiger partial charge in [-0.15, -0.1) is 0 Å². The molecule has 0 fully saturated rings. The number of alkyl halides is 2. The zero-order chi connectivity index (χ0) is 22.7. The Hall–Kier alpha value is -3.55. The summed E-state index contributed by atoms with van der Waals surface area (Å²) in [5.74, 6) is -1.04. The standard InChI is InChI=1S/C24H22F2N2O4/c1-14-10-11-18-16(12-14)22(15-6-2-3-7-17(15)27-18)23(30)31-13-21(29)28-19-8-4-5-9-20(19)32-24(25)26/h2-9,14,24H,10-13H2,1H3,(H,28,29)/t14-/m1/s1. The van der Waals surface area contributed by atoms with Crippen LogP contribution < -0.4 is 10.1 Å². The van der Waals surface area contributed by atoms with Gasteiger partial charge >= 0.3 is 12.6 Å². The Morgan fingerprint density at radius 1 is 1.16 bits per heavy atom. The quantitative estimate of drug-likeness (QED) is 0.560. The van der Waals surface area contributed by atoms with Crippen LogP contribution in [0, 0.1) is 5.92 Å². The minimum atomic E-state index is -3.03. The van der Waals surface area contributed by atoms with Gasteiger partial charge in [-0.1, -0.05) is 37.3 Å². The Morgan fingerprint density at radius 3 is 2.72 bits per heavy atom. The molecule has 0 unspecified atom stereocenters. The molecule has 3 aromatic rings. The molecule has 1 atom stereocenters. The number of para-hydroxylation sites is 3. The van der Waals surface area contributed by atoms with Gasteiger partial charge in [-0.3, -0.25) is 9.78 Å². The summed E-state index contributed by atoms with van der Waals surface area (Å²) in [7, 11) is 0. The molecule has 0 aliphatic heterocycles. The van der Waals surface area contributed by atoms with Crippen molar-refractivity contribution in [2.45, 2.75) is 32.8 Å². The van der Waals surface area contributed by atoms with E-state index in [4.69, 9.17) is 9.72 Å². The number of anilines is 1. The third-order valence-corrected chi connectivity index (χ3v) is 5.42. The number of nitrogens with one attached hydrogen (secondary N) is 1. The van der Waals surface area contributed by atoms with Gasteiger partial charge < -0.3 is 14.8 Å². The summed E-state index contributed by atoms with van der Waals surface area (Å²) in [6.07, 6.45) is 2.49. The van der Waals surface area contributed by atoms with E-state index >= 15 is 0 Å². The number of esters is 1. The molecule has 1 aliphatic rings. The molecule has 8 heteroatoms. The van der Waals surface area contributed by atoms with Gasteiger partial charge in [-0.25, -0.2) is 4.79 Å². The van der Waals surface area contributed by atoms with Crippen molar-refractivity contribution < 1.29 is 27.8 Å². The lowest BCUT2D eigenvalue weighted by atomic mass is 9.84. The first kappa shape index (κ1) is 21.7. The van der Waals surface area contributed by atoms with Crippen molar-refractivity contribution in [3.63, 3.8) is 0 Å². The second kappa shape index (κ2) is 9.30. The maximum Gasteiger partial charge on any atom is 0.387 e. The van der Waals surface area contributed by atoms with E-state index in [0.29, 0.717) is 28.8 Å². The molecule has 4 rings (SSSR count). The van der Waals surface area contributed by atoms with Crippen LogP contribution >= 0.6 is 0 Å². The van der Waals surface area contributed by atoms with Crippen LogP contribution in [-0.2, 0) is 22.4 Å². The number of rotatable bonds is 6. The van der Waals surface area contributed by atoms with E-state index in [2.05, 4.69) is 17.0 Å². The molecule has 0 bridgehead atoms. The average Bonchev–Trinajstić information content (AvgIpc) is 2.77. The predicted molar refractivity (Wildman–Crippen MR) is 115 cm³/mol. The van der Waals surface area contributed by atoms with Crippen molar-refractivity contribution in [3.8, 4) is 5.75 Å². The highest BCUT2D eigenvalue weighted by Crippen LogP contribution is 2.32. The summed E-state index contributed by atoms with van der Waals surface area (Å²) in [5.41, 5.74) is 2.95. The first-order valence-corrected chi connectivity index (χ1v) is 10.3. The fraction of sp³-hybridized carbons (Fsp3) is 0.292. The molecule has 0 radical (unpaired) electrons. The lowest BCUT2D eigenvalue weighted by Gasteiger charge is -2.24. The molecule has 0 saturated carbocycles. The number of carbonyl (C=O) groups excluding carboxylic acids is 2. The highest BCUT2D eigenvalue weighted by molar-refractivity contribution is 6.06. The zero-order valence-corrected chi connectivity index (χ0v) is 17.4. The van der Waals surface area contributed by atoms with Crippen LogP contribution in [0.5, 0.6) is 5.75 Å². The third kappa shape index (κ3) is 4.69. The third-order valence-electron chi connectivity index (χ3n) is 5.42. The smallest absolute Gasteiger partial charge is 0.387 e. The SMILES string of the molecule is C[C@@H]1CCc2nc3ccccc3c(C(=O)OCC(=O)Nc3ccccc3OC(F)F)c2C1. The summed E-state index contributed by atoms with van der Waals surface area (Å²) in [5, 5.41) is 3.12. The normalized spacial score (nSPS) is 15.3. The number of hydrogen-bond donors (Lipinski definition) is 1. The van der Waals surface area contributed by atoms with E-state index in [1.807, 2.05) is 24.3 Å². The fourth-order valence-corrected chi connectivity index (χ4v) is 3.95. The zero-order valence-electron chi connectivity index (χ0n) is 17.4. The number of hydrogen-bond acceptors (Lipinski definition) is 5. The molecule has 1 N–H and O–H groups in total. The molecule has 32 heavy (non-hydrogen) atoms. The number of nitrogens with zero attached hydrogens (tertiary/aromatic N) is 1. The van der Waals surface area contributed by atoms with Crippen LogP contribution in [0.1, 0.15) is 35.0 Å². The minimum absolute atomic E-state index is 0.0643. The number of aromatic nitrogens is 1. The number of fused-ring (bicyclic) bond motifs is 2. The van der Waals surface area contributed by atoms with E-state index in [1.54, 1.807) is 6.07 Å². The molecule has 1 heterocycles. The van der Waals surface area contributed by atoms with Gasteiger partial charge in [-0.2, -0.15) is 8.78 Å². The van der Waals surface area contributed by atoms with Crippen LogP contribution in [-0.4, -0.2) is 30.1 Å². The fourth-order valence-electron chi connectivity index (χ4n) is 3.95.